The van der Waals surface area contributed by atoms with Crippen molar-refractivity contribution >= 4 is 17.5 Å². The highest BCUT2D eigenvalue weighted by Crippen LogP contribution is 2.34. The molecule has 184 valence electrons. The average Bonchev–Trinajstić information content (AvgIpc) is 3.64. The monoisotopic (exact) mass is 493 g/mol. The maximum Gasteiger partial charge on any atom is 0.227 e. The molecule has 0 radical (unpaired) electrons. The maximum absolute atomic E-state index is 13.6. The highest BCUT2D eigenvalue weighted by atomic mass is 35.5. The molecule has 2 heterocycles. The molecule has 1 aromatic heterocycles. The van der Waals surface area contributed by atoms with Crippen molar-refractivity contribution in [1.82, 2.24) is 14.7 Å². The van der Waals surface area contributed by atoms with Crippen LogP contribution in [0.15, 0.2) is 54.6 Å². The summed E-state index contributed by atoms with van der Waals surface area (Å²) in [5, 5.41) is 5.48. The number of aromatic nitrogens is 2. The van der Waals surface area contributed by atoms with E-state index in [4.69, 9.17) is 26.2 Å². The van der Waals surface area contributed by atoms with Crippen LogP contribution in [0, 0.1) is 12.8 Å². The van der Waals surface area contributed by atoms with Crippen LogP contribution in [0.3, 0.4) is 0 Å². The van der Waals surface area contributed by atoms with E-state index in [1.54, 1.807) is 12.1 Å². The van der Waals surface area contributed by atoms with Crippen molar-refractivity contribution in [2.75, 3.05) is 13.2 Å². The molecule has 1 aliphatic carbocycles. The lowest BCUT2D eigenvalue weighted by Gasteiger charge is -2.28. The zero-order chi connectivity index (χ0) is 24.2. The number of amides is 1. The molecule has 1 atom stereocenters. The second-order valence-electron chi connectivity index (χ2n) is 9.51. The predicted molar refractivity (Wildman–Crippen MR) is 136 cm³/mol. The summed E-state index contributed by atoms with van der Waals surface area (Å²) in [5.41, 5.74) is 2.65. The molecule has 1 saturated carbocycles. The normalized spacial score (nSPS) is 18.2. The Morgan fingerprint density at radius 1 is 1.09 bits per heavy atom. The third-order valence-corrected chi connectivity index (χ3v) is 7.23. The summed E-state index contributed by atoms with van der Waals surface area (Å²) in [6.07, 6.45) is 6.32. The fourth-order valence-electron chi connectivity index (χ4n) is 5.07. The van der Waals surface area contributed by atoms with E-state index in [1.807, 2.05) is 59.0 Å². The Morgan fingerprint density at radius 2 is 1.83 bits per heavy atom. The minimum Gasteiger partial charge on any atom is -0.439 e. The van der Waals surface area contributed by atoms with Gasteiger partial charge in [0.25, 0.3) is 0 Å². The lowest BCUT2D eigenvalue weighted by atomic mass is 10.1. The van der Waals surface area contributed by atoms with Crippen molar-refractivity contribution in [3.63, 3.8) is 0 Å². The number of hydrogen-bond acceptors (Lipinski definition) is 4. The van der Waals surface area contributed by atoms with Gasteiger partial charge in [-0.05, 0) is 69.0 Å². The van der Waals surface area contributed by atoms with E-state index in [1.165, 1.54) is 0 Å². The van der Waals surface area contributed by atoms with E-state index in [2.05, 4.69) is 0 Å². The Labute approximate surface area is 211 Å². The number of benzene rings is 2. The first kappa shape index (κ1) is 23.9. The zero-order valence-electron chi connectivity index (χ0n) is 20.2. The smallest absolute Gasteiger partial charge is 0.227 e. The van der Waals surface area contributed by atoms with Crippen molar-refractivity contribution in [2.45, 2.75) is 58.1 Å². The van der Waals surface area contributed by atoms with Gasteiger partial charge in [0.1, 0.15) is 5.75 Å². The highest BCUT2D eigenvalue weighted by molar-refractivity contribution is 6.30. The molecule has 2 aromatic carbocycles. The summed E-state index contributed by atoms with van der Waals surface area (Å²) in [6.45, 7) is 3.79. The molecule has 2 fully saturated rings. The van der Waals surface area contributed by atoms with Gasteiger partial charge in [-0.1, -0.05) is 42.6 Å². The Hall–Kier alpha value is -2.83. The van der Waals surface area contributed by atoms with E-state index >= 15 is 0 Å². The molecule has 2 aliphatic rings. The van der Waals surface area contributed by atoms with Gasteiger partial charge >= 0.3 is 0 Å². The lowest BCUT2D eigenvalue weighted by molar-refractivity contribution is -0.137. The summed E-state index contributed by atoms with van der Waals surface area (Å²) in [4.78, 5) is 15.6. The van der Waals surface area contributed by atoms with Gasteiger partial charge < -0.3 is 14.4 Å². The summed E-state index contributed by atoms with van der Waals surface area (Å²) in [5.74, 6) is 1.61. The number of rotatable bonds is 8. The van der Waals surface area contributed by atoms with E-state index in [0.29, 0.717) is 29.7 Å². The quantitative estimate of drug-likeness (QED) is 0.368. The third kappa shape index (κ3) is 5.54. The van der Waals surface area contributed by atoms with E-state index in [0.717, 1.165) is 62.1 Å². The predicted octanol–water partition coefficient (Wildman–Crippen LogP) is 6.32. The number of carbonyl (C=O) groups is 1. The van der Waals surface area contributed by atoms with Crippen LogP contribution >= 0.6 is 11.6 Å². The summed E-state index contributed by atoms with van der Waals surface area (Å²) < 4.78 is 14.2. The third-order valence-electron chi connectivity index (χ3n) is 6.98. The first-order valence-corrected chi connectivity index (χ1v) is 12.9. The molecule has 0 N–H and O–H groups in total. The Balaban J connectivity index is 1.51. The number of halogens is 1. The van der Waals surface area contributed by atoms with Crippen LogP contribution in [-0.4, -0.2) is 39.8 Å². The molecule has 3 aromatic rings. The van der Waals surface area contributed by atoms with E-state index < -0.39 is 0 Å². The van der Waals surface area contributed by atoms with E-state index in [-0.39, 0.29) is 17.9 Å². The zero-order valence-corrected chi connectivity index (χ0v) is 20.9. The Morgan fingerprint density at radius 3 is 2.51 bits per heavy atom. The molecule has 6 nitrogen and oxygen atoms in total. The molecule has 0 unspecified atom stereocenters. The number of ether oxygens (including phenoxy) is 2. The van der Waals surface area contributed by atoms with E-state index in [9.17, 15) is 4.79 Å². The molecular weight excluding hydrogens is 462 g/mol. The van der Waals surface area contributed by atoms with Gasteiger partial charge in [-0.3, -0.25) is 4.79 Å². The van der Waals surface area contributed by atoms with Crippen LogP contribution in [0.5, 0.6) is 11.6 Å². The van der Waals surface area contributed by atoms with Crippen molar-refractivity contribution in [3.8, 4) is 17.3 Å². The first-order valence-electron chi connectivity index (χ1n) is 12.6. The average molecular weight is 494 g/mol. The number of carbonyl (C=O) groups excluding carboxylic acids is 1. The first-order chi connectivity index (χ1) is 17.1. The summed E-state index contributed by atoms with van der Waals surface area (Å²) in [7, 11) is 0. The van der Waals surface area contributed by atoms with Gasteiger partial charge in [0.05, 0.1) is 29.6 Å². The molecule has 5 rings (SSSR count). The Kier molecular flexibility index (Phi) is 7.40. The molecular formula is C28H32ClN3O3. The summed E-state index contributed by atoms with van der Waals surface area (Å²) >= 11 is 6.09. The van der Waals surface area contributed by atoms with Gasteiger partial charge in [-0.25, -0.2) is 4.68 Å². The molecule has 1 amide bonds. The van der Waals surface area contributed by atoms with Gasteiger partial charge in [0.2, 0.25) is 11.8 Å². The van der Waals surface area contributed by atoms with Crippen molar-refractivity contribution in [1.29, 1.82) is 0 Å². The summed E-state index contributed by atoms with van der Waals surface area (Å²) in [6, 6.07) is 17.2. The van der Waals surface area contributed by atoms with Crippen molar-refractivity contribution in [2.24, 2.45) is 5.92 Å². The molecule has 1 saturated heterocycles. The Bertz CT molecular complexity index is 1130. The van der Waals surface area contributed by atoms with Gasteiger partial charge in [0, 0.05) is 24.1 Å². The van der Waals surface area contributed by atoms with Gasteiger partial charge in [-0.2, -0.15) is 5.10 Å². The lowest BCUT2D eigenvalue weighted by Crippen LogP contribution is -2.40. The number of aryl methyl sites for hydroxylation is 1. The maximum atomic E-state index is 13.6. The van der Waals surface area contributed by atoms with Crippen LogP contribution in [-0.2, 0) is 16.1 Å². The largest absolute Gasteiger partial charge is 0.439 e. The number of hydrogen-bond donors (Lipinski definition) is 0. The topological polar surface area (TPSA) is 56.6 Å². The molecule has 0 spiro atoms. The molecule has 0 bridgehead atoms. The minimum atomic E-state index is 0.0884. The number of para-hydroxylation sites is 1. The second kappa shape index (κ2) is 10.8. The van der Waals surface area contributed by atoms with Crippen LogP contribution in [0.25, 0.3) is 5.69 Å². The van der Waals surface area contributed by atoms with Gasteiger partial charge in [-0.15, -0.1) is 0 Å². The minimum absolute atomic E-state index is 0.0884. The fraction of sp³-hybridized carbons (Fsp3) is 0.429. The standard InChI is InChI=1S/C28H32ClN3O3/c1-20-26(19-31(18-25-12-7-17-34-25)27(33)21-8-5-6-9-21)28(35-24-15-13-22(29)14-16-24)32(30-20)23-10-3-2-4-11-23/h2-4,10-11,13-16,21,25H,5-9,12,17-19H2,1H3/t25-/m1/s1. The van der Waals surface area contributed by atoms with Gasteiger partial charge in [0.15, 0.2) is 0 Å². The number of nitrogens with zero attached hydrogens (tertiary/aromatic N) is 3. The van der Waals surface area contributed by atoms with Crippen LogP contribution in [0.2, 0.25) is 5.02 Å². The fourth-order valence-corrected chi connectivity index (χ4v) is 5.20. The van der Waals surface area contributed by atoms with Crippen molar-refractivity contribution in [3.05, 3.63) is 70.9 Å². The second-order valence-corrected chi connectivity index (χ2v) is 9.94. The SMILES string of the molecule is Cc1nn(-c2ccccc2)c(Oc2ccc(Cl)cc2)c1CN(C[C@H]1CCCO1)C(=O)C1CCCC1. The van der Waals surface area contributed by atoms with Crippen LogP contribution in [0.4, 0.5) is 0 Å². The van der Waals surface area contributed by atoms with Crippen molar-refractivity contribution < 1.29 is 14.3 Å². The van der Waals surface area contributed by atoms with Crippen LogP contribution in [0.1, 0.15) is 49.8 Å². The van der Waals surface area contributed by atoms with Crippen LogP contribution < -0.4 is 4.74 Å². The molecule has 7 heteroatoms. The molecule has 1 aliphatic heterocycles. The highest BCUT2D eigenvalue weighted by Gasteiger charge is 2.32. The molecule has 35 heavy (non-hydrogen) atoms.